The summed E-state index contributed by atoms with van der Waals surface area (Å²) >= 11 is 0. The van der Waals surface area contributed by atoms with Gasteiger partial charge >= 0.3 is 0 Å². The van der Waals surface area contributed by atoms with Crippen molar-refractivity contribution in [3.63, 3.8) is 0 Å². The number of benzene rings is 1. The predicted molar refractivity (Wildman–Crippen MR) is 98.3 cm³/mol. The van der Waals surface area contributed by atoms with Gasteiger partial charge in [0.2, 0.25) is 5.95 Å². The first-order valence-electron chi connectivity index (χ1n) is 8.79. The lowest BCUT2D eigenvalue weighted by Gasteiger charge is -2.15. The molecule has 1 aliphatic rings. The van der Waals surface area contributed by atoms with Crippen molar-refractivity contribution < 1.29 is 4.74 Å². The van der Waals surface area contributed by atoms with Gasteiger partial charge in [-0.2, -0.15) is 4.98 Å². The molecule has 0 radical (unpaired) electrons. The second-order valence-electron chi connectivity index (χ2n) is 6.23. The van der Waals surface area contributed by atoms with Gasteiger partial charge < -0.3 is 15.4 Å². The zero-order chi connectivity index (χ0) is 16.6. The number of methoxy groups -OCH3 is 1. The van der Waals surface area contributed by atoms with Gasteiger partial charge in [0.25, 0.3) is 0 Å². The Morgan fingerprint density at radius 2 is 1.92 bits per heavy atom. The maximum Gasteiger partial charge on any atom is 0.225 e. The van der Waals surface area contributed by atoms with Crippen molar-refractivity contribution in [3.8, 4) is 11.3 Å². The summed E-state index contributed by atoms with van der Waals surface area (Å²) in [6.07, 6.45) is 5.94. The van der Waals surface area contributed by atoms with Gasteiger partial charge in [-0.05, 0) is 19.3 Å². The largest absolute Gasteiger partial charge is 0.385 e. The molecule has 0 saturated heterocycles. The fourth-order valence-corrected chi connectivity index (χ4v) is 3.04. The molecule has 0 amide bonds. The Morgan fingerprint density at radius 3 is 2.67 bits per heavy atom. The first kappa shape index (κ1) is 16.7. The summed E-state index contributed by atoms with van der Waals surface area (Å²) in [5.41, 5.74) is 2.05. The van der Waals surface area contributed by atoms with Crippen molar-refractivity contribution in [2.45, 2.75) is 38.1 Å². The summed E-state index contributed by atoms with van der Waals surface area (Å²) in [5, 5.41) is 6.89. The van der Waals surface area contributed by atoms with E-state index in [1.165, 1.54) is 25.7 Å². The average molecular weight is 326 g/mol. The van der Waals surface area contributed by atoms with Crippen LogP contribution in [-0.4, -0.2) is 36.3 Å². The molecule has 1 aromatic carbocycles. The molecule has 0 unspecified atom stereocenters. The smallest absolute Gasteiger partial charge is 0.225 e. The summed E-state index contributed by atoms with van der Waals surface area (Å²) < 4.78 is 5.10. The van der Waals surface area contributed by atoms with E-state index in [2.05, 4.69) is 27.8 Å². The Bertz CT molecular complexity index is 627. The van der Waals surface area contributed by atoms with Gasteiger partial charge in [0.15, 0.2) is 0 Å². The van der Waals surface area contributed by atoms with Crippen LogP contribution in [0.2, 0.25) is 0 Å². The molecule has 2 N–H and O–H groups in total. The van der Waals surface area contributed by atoms with E-state index in [0.717, 1.165) is 42.6 Å². The number of nitrogens with one attached hydrogen (secondary N) is 2. The molecule has 1 aliphatic carbocycles. The SMILES string of the molecule is COCCCNc1cc(-c2ccccc2)nc(NC2CCCC2)n1. The van der Waals surface area contributed by atoms with Crippen LogP contribution in [0.1, 0.15) is 32.1 Å². The minimum atomic E-state index is 0.498. The molecule has 5 heteroatoms. The molecule has 3 rings (SSSR count). The highest BCUT2D eigenvalue weighted by molar-refractivity contribution is 5.64. The van der Waals surface area contributed by atoms with E-state index in [9.17, 15) is 0 Å². The molecule has 0 aliphatic heterocycles. The van der Waals surface area contributed by atoms with Gasteiger partial charge in [0, 0.05) is 37.9 Å². The second-order valence-corrected chi connectivity index (χ2v) is 6.23. The highest BCUT2D eigenvalue weighted by Gasteiger charge is 2.16. The summed E-state index contributed by atoms with van der Waals surface area (Å²) in [6.45, 7) is 1.58. The fourth-order valence-electron chi connectivity index (χ4n) is 3.04. The molecule has 1 aromatic heterocycles. The van der Waals surface area contributed by atoms with Gasteiger partial charge in [-0.15, -0.1) is 0 Å². The molecule has 128 valence electrons. The van der Waals surface area contributed by atoms with E-state index in [1.54, 1.807) is 7.11 Å². The van der Waals surface area contributed by atoms with Gasteiger partial charge in [0.05, 0.1) is 5.69 Å². The number of hydrogen-bond donors (Lipinski definition) is 2. The van der Waals surface area contributed by atoms with Crippen molar-refractivity contribution in [2.24, 2.45) is 0 Å². The van der Waals surface area contributed by atoms with E-state index in [1.807, 2.05) is 24.3 Å². The van der Waals surface area contributed by atoms with Crippen LogP contribution in [-0.2, 0) is 4.74 Å². The molecule has 0 bridgehead atoms. The number of nitrogens with zero attached hydrogens (tertiary/aromatic N) is 2. The number of hydrogen-bond acceptors (Lipinski definition) is 5. The summed E-state index contributed by atoms with van der Waals surface area (Å²) in [6, 6.07) is 12.8. The van der Waals surface area contributed by atoms with E-state index < -0.39 is 0 Å². The molecule has 5 nitrogen and oxygen atoms in total. The molecular formula is C19H26N4O. The third-order valence-corrected chi connectivity index (χ3v) is 4.32. The van der Waals surface area contributed by atoms with Crippen molar-refractivity contribution in [1.82, 2.24) is 9.97 Å². The summed E-state index contributed by atoms with van der Waals surface area (Å²) in [7, 11) is 1.72. The zero-order valence-electron chi connectivity index (χ0n) is 14.3. The van der Waals surface area contributed by atoms with Crippen LogP contribution in [0.5, 0.6) is 0 Å². The van der Waals surface area contributed by atoms with Crippen LogP contribution in [0, 0.1) is 0 Å². The number of aromatic nitrogens is 2. The average Bonchev–Trinajstić information content (AvgIpc) is 3.12. The topological polar surface area (TPSA) is 59.1 Å². The molecular weight excluding hydrogens is 300 g/mol. The minimum absolute atomic E-state index is 0.498. The Balaban J connectivity index is 1.78. The monoisotopic (exact) mass is 326 g/mol. The number of anilines is 2. The highest BCUT2D eigenvalue weighted by Crippen LogP contribution is 2.24. The standard InChI is InChI=1S/C19H26N4O/c1-24-13-7-12-20-18-14-17(15-8-3-2-4-9-15)22-19(23-18)21-16-10-5-6-11-16/h2-4,8-9,14,16H,5-7,10-13H2,1H3,(H2,20,21,22,23). The van der Waals surface area contributed by atoms with E-state index in [4.69, 9.17) is 9.72 Å². The first-order valence-corrected chi connectivity index (χ1v) is 8.79. The lowest BCUT2D eigenvalue weighted by atomic mass is 10.1. The van der Waals surface area contributed by atoms with E-state index in [0.29, 0.717) is 6.04 Å². The second kappa shape index (κ2) is 8.64. The third-order valence-electron chi connectivity index (χ3n) is 4.32. The van der Waals surface area contributed by atoms with Crippen LogP contribution in [0.3, 0.4) is 0 Å². The molecule has 1 heterocycles. The molecule has 0 atom stereocenters. The molecule has 2 aromatic rings. The van der Waals surface area contributed by atoms with Gasteiger partial charge in [0.1, 0.15) is 5.82 Å². The Hall–Kier alpha value is -2.14. The summed E-state index contributed by atoms with van der Waals surface area (Å²) in [5.74, 6) is 1.58. The van der Waals surface area contributed by atoms with E-state index >= 15 is 0 Å². The van der Waals surface area contributed by atoms with Crippen molar-refractivity contribution in [2.75, 3.05) is 30.9 Å². The first-order chi connectivity index (χ1) is 11.8. The van der Waals surface area contributed by atoms with Gasteiger partial charge in [-0.25, -0.2) is 4.98 Å². The van der Waals surface area contributed by atoms with Crippen molar-refractivity contribution in [3.05, 3.63) is 36.4 Å². The van der Waals surface area contributed by atoms with Gasteiger partial charge in [-0.1, -0.05) is 43.2 Å². The maximum atomic E-state index is 5.10. The van der Waals surface area contributed by atoms with Gasteiger partial charge in [-0.3, -0.25) is 0 Å². The predicted octanol–water partition coefficient (Wildman–Crippen LogP) is 3.95. The van der Waals surface area contributed by atoms with Crippen LogP contribution in [0.25, 0.3) is 11.3 Å². The van der Waals surface area contributed by atoms with E-state index in [-0.39, 0.29) is 0 Å². The Kier molecular flexibility index (Phi) is 6.01. The van der Waals surface area contributed by atoms with Crippen molar-refractivity contribution >= 4 is 11.8 Å². The minimum Gasteiger partial charge on any atom is -0.385 e. The lowest BCUT2D eigenvalue weighted by molar-refractivity contribution is 0.198. The third kappa shape index (κ3) is 4.68. The highest BCUT2D eigenvalue weighted by atomic mass is 16.5. The normalized spacial score (nSPS) is 14.7. The van der Waals surface area contributed by atoms with Crippen molar-refractivity contribution in [1.29, 1.82) is 0 Å². The number of rotatable bonds is 8. The van der Waals surface area contributed by atoms with Crippen LogP contribution < -0.4 is 10.6 Å². The fraction of sp³-hybridized carbons (Fsp3) is 0.474. The molecule has 0 spiro atoms. The molecule has 24 heavy (non-hydrogen) atoms. The zero-order valence-corrected chi connectivity index (χ0v) is 14.3. The lowest BCUT2D eigenvalue weighted by Crippen LogP contribution is -2.17. The Morgan fingerprint density at radius 1 is 1.12 bits per heavy atom. The quantitative estimate of drug-likeness (QED) is 0.719. The maximum absolute atomic E-state index is 5.10. The molecule has 1 fully saturated rings. The number of ether oxygens (including phenoxy) is 1. The van der Waals surface area contributed by atoms with Crippen LogP contribution >= 0.6 is 0 Å². The molecule has 1 saturated carbocycles. The van der Waals surface area contributed by atoms with Crippen LogP contribution in [0.4, 0.5) is 11.8 Å². The van der Waals surface area contributed by atoms with Crippen LogP contribution in [0.15, 0.2) is 36.4 Å². The summed E-state index contributed by atoms with van der Waals surface area (Å²) in [4.78, 5) is 9.37. The Labute approximate surface area is 143 Å².